The molecule has 0 unspecified atom stereocenters. The fourth-order valence-electron chi connectivity index (χ4n) is 3.74. The molecule has 1 aromatic rings. The number of aliphatic hydroxyl groups is 1. The van der Waals surface area contributed by atoms with E-state index in [0.29, 0.717) is 5.92 Å². The highest BCUT2D eigenvalue weighted by Gasteiger charge is 2.48. The first-order chi connectivity index (χ1) is 8.15. The number of rotatable bonds is 1. The second-order valence-electron chi connectivity index (χ2n) is 5.72. The van der Waals surface area contributed by atoms with Crippen LogP contribution < -0.4 is 4.74 Å². The van der Waals surface area contributed by atoms with E-state index in [2.05, 4.69) is 25.1 Å². The van der Waals surface area contributed by atoms with E-state index in [4.69, 9.17) is 4.74 Å². The molecule has 3 rings (SSSR count). The second-order valence-corrected chi connectivity index (χ2v) is 5.72. The molecule has 3 atom stereocenters. The molecule has 0 heterocycles. The summed E-state index contributed by atoms with van der Waals surface area (Å²) in [6.07, 6.45) is 4.11. The SMILES string of the molecule is COc1ccc2c(c1)CC[C@]1(C)[C@@H]2CC[C@@H]1O. The van der Waals surface area contributed by atoms with Gasteiger partial charge in [-0.15, -0.1) is 0 Å². The lowest BCUT2D eigenvalue weighted by atomic mass is 9.66. The summed E-state index contributed by atoms with van der Waals surface area (Å²) < 4.78 is 5.29. The fourth-order valence-corrected chi connectivity index (χ4v) is 3.74. The van der Waals surface area contributed by atoms with Crippen molar-refractivity contribution in [3.63, 3.8) is 0 Å². The van der Waals surface area contributed by atoms with Gasteiger partial charge in [0.2, 0.25) is 0 Å². The number of aryl methyl sites for hydroxylation is 1. The number of hydrogen-bond donors (Lipinski definition) is 1. The van der Waals surface area contributed by atoms with Crippen molar-refractivity contribution in [1.82, 2.24) is 0 Å². The number of benzene rings is 1. The predicted octanol–water partition coefficient (Wildman–Crippen LogP) is 2.89. The summed E-state index contributed by atoms with van der Waals surface area (Å²) in [7, 11) is 1.72. The molecule has 1 fully saturated rings. The third-order valence-electron chi connectivity index (χ3n) is 4.94. The van der Waals surface area contributed by atoms with Crippen molar-refractivity contribution in [3.8, 4) is 5.75 Å². The van der Waals surface area contributed by atoms with Crippen molar-refractivity contribution in [2.45, 2.75) is 44.6 Å². The summed E-state index contributed by atoms with van der Waals surface area (Å²) in [5.41, 5.74) is 2.96. The molecule has 0 saturated heterocycles. The van der Waals surface area contributed by atoms with E-state index >= 15 is 0 Å². The molecule has 2 nitrogen and oxygen atoms in total. The normalized spacial score (nSPS) is 35.2. The van der Waals surface area contributed by atoms with Crippen molar-refractivity contribution in [3.05, 3.63) is 29.3 Å². The van der Waals surface area contributed by atoms with Gasteiger partial charge in [-0.25, -0.2) is 0 Å². The van der Waals surface area contributed by atoms with Gasteiger partial charge in [-0.3, -0.25) is 0 Å². The molecule has 1 saturated carbocycles. The van der Waals surface area contributed by atoms with Gasteiger partial charge in [-0.05, 0) is 54.9 Å². The Balaban J connectivity index is 2.04. The summed E-state index contributed by atoms with van der Waals surface area (Å²) in [6, 6.07) is 6.42. The third kappa shape index (κ3) is 1.50. The van der Waals surface area contributed by atoms with E-state index in [9.17, 15) is 5.11 Å². The Bertz CT molecular complexity index is 441. The molecule has 17 heavy (non-hydrogen) atoms. The van der Waals surface area contributed by atoms with Crippen LogP contribution >= 0.6 is 0 Å². The number of methoxy groups -OCH3 is 1. The summed E-state index contributed by atoms with van der Waals surface area (Å²) in [6.45, 7) is 2.25. The van der Waals surface area contributed by atoms with Gasteiger partial charge in [0.15, 0.2) is 0 Å². The highest BCUT2D eigenvalue weighted by atomic mass is 16.5. The molecule has 0 amide bonds. The van der Waals surface area contributed by atoms with Crippen LogP contribution in [0.15, 0.2) is 18.2 Å². The maximum atomic E-state index is 10.2. The summed E-state index contributed by atoms with van der Waals surface area (Å²) in [5.74, 6) is 1.48. The van der Waals surface area contributed by atoms with Crippen LogP contribution in [-0.2, 0) is 6.42 Å². The Morgan fingerprint density at radius 3 is 2.94 bits per heavy atom. The Kier molecular flexibility index (Phi) is 2.44. The molecule has 1 aromatic carbocycles. The maximum Gasteiger partial charge on any atom is 0.119 e. The minimum atomic E-state index is -0.122. The van der Waals surface area contributed by atoms with Crippen LogP contribution in [-0.4, -0.2) is 18.3 Å². The fraction of sp³-hybridized carbons (Fsp3) is 0.600. The predicted molar refractivity (Wildman–Crippen MR) is 67.4 cm³/mol. The van der Waals surface area contributed by atoms with Crippen molar-refractivity contribution in [1.29, 1.82) is 0 Å². The molecular weight excluding hydrogens is 212 g/mol. The van der Waals surface area contributed by atoms with Crippen LogP contribution in [0.2, 0.25) is 0 Å². The first-order valence-electron chi connectivity index (χ1n) is 6.50. The lowest BCUT2D eigenvalue weighted by Crippen LogP contribution is -2.35. The van der Waals surface area contributed by atoms with E-state index in [-0.39, 0.29) is 11.5 Å². The molecule has 0 aliphatic heterocycles. The average Bonchev–Trinajstić information content (AvgIpc) is 2.65. The van der Waals surface area contributed by atoms with Gasteiger partial charge >= 0.3 is 0 Å². The van der Waals surface area contributed by atoms with Gasteiger partial charge in [-0.2, -0.15) is 0 Å². The second kappa shape index (κ2) is 3.74. The highest BCUT2D eigenvalue weighted by Crippen LogP contribution is 2.55. The van der Waals surface area contributed by atoms with Gasteiger partial charge in [-0.1, -0.05) is 13.0 Å². The summed E-state index contributed by atoms with van der Waals surface area (Å²) >= 11 is 0. The zero-order valence-electron chi connectivity index (χ0n) is 10.6. The lowest BCUT2D eigenvalue weighted by molar-refractivity contribution is 0.0457. The largest absolute Gasteiger partial charge is 0.497 e. The van der Waals surface area contributed by atoms with Crippen molar-refractivity contribution < 1.29 is 9.84 Å². The van der Waals surface area contributed by atoms with Crippen LogP contribution in [0.25, 0.3) is 0 Å². The molecule has 0 aromatic heterocycles. The van der Waals surface area contributed by atoms with Crippen molar-refractivity contribution in [2.24, 2.45) is 5.41 Å². The van der Waals surface area contributed by atoms with Gasteiger partial charge in [0, 0.05) is 5.41 Å². The van der Waals surface area contributed by atoms with E-state index in [0.717, 1.165) is 31.4 Å². The first-order valence-corrected chi connectivity index (χ1v) is 6.50. The van der Waals surface area contributed by atoms with E-state index in [1.54, 1.807) is 7.11 Å². The number of ether oxygens (including phenoxy) is 1. The lowest BCUT2D eigenvalue weighted by Gasteiger charge is -2.40. The zero-order chi connectivity index (χ0) is 12.0. The number of aliphatic hydroxyl groups excluding tert-OH is 1. The Morgan fingerprint density at radius 1 is 1.35 bits per heavy atom. The van der Waals surface area contributed by atoms with Gasteiger partial charge in [0.1, 0.15) is 5.75 Å². The first kappa shape index (κ1) is 11.1. The number of hydrogen-bond acceptors (Lipinski definition) is 2. The van der Waals surface area contributed by atoms with E-state index in [1.165, 1.54) is 11.1 Å². The zero-order valence-corrected chi connectivity index (χ0v) is 10.6. The third-order valence-corrected chi connectivity index (χ3v) is 4.94. The minimum absolute atomic E-state index is 0.0988. The molecule has 0 bridgehead atoms. The van der Waals surface area contributed by atoms with E-state index < -0.39 is 0 Å². The van der Waals surface area contributed by atoms with Crippen LogP contribution in [0, 0.1) is 5.41 Å². The molecule has 2 aliphatic rings. The van der Waals surface area contributed by atoms with Crippen molar-refractivity contribution in [2.75, 3.05) is 7.11 Å². The Hall–Kier alpha value is -1.02. The van der Waals surface area contributed by atoms with Crippen LogP contribution in [0.4, 0.5) is 0 Å². The van der Waals surface area contributed by atoms with Crippen LogP contribution in [0.3, 0.4) is 0 Å². The minimum Gasteiger partial charge on any atom is -0.497 e. The van der Waals surface area contributed by atoms with Gasteiger partial charge < -0.3 is 9.84 Å². The molecule has 92 valence electrons. The molecule has 2 aliphatic carbocycles. The standard InChI is InChI=1S/C15H20O2/c1-15-8-7-10-9-11(17-2)3-4-12(10)13(15)5-6-14(15)16/h3-4,9,13-14,16H,5-8H2,1-2H3/t13-,14+,15-/m1/s1. The smallest absolute Gasteiger partial charge is 0.119 e. The Morgan fingerprint density at radius 2 is 2.18 bits per heavy atom. The van der Waals surface area contributed by atoms with Gasteiger partial charge in [0.05, 0.1) is 13.2 Å². The molecule has 2 heteroatoms. The number of fused-ring (bicyclic) bond motifs is 3. The quantitative estimate of drug-likeness (QED) is 0.806. The molecule has 0 radical (unpaired) electrons. The highest BCUT2D eigenvalue weighted by molar-refractivity contribution is 5.41. The summed E-state index contributed by atoms with van der Waals surface area (Å²) in [4.78, 5) is 0. The van der Waals surface area contributed by atoms with Crippen molar-refractivity contribution >= 4 is 0 Å². The monoisotopic (exact) mass is 232 g/mol. The Labute approximate surface area is 103 Å². The summed E-state index contributed by atoms with van der Waals surface area (Å²) in [5, 5.41) is 10.2. The molecule has 1 N–H and O–H groups in total. The van der Waals surface area contributed by atoms with E-state index in [1.807, 2.05) is 0 Å². The molecular formula is C15H20O2. The topological polar surface area (TPSA) is 29.5 Å². The van der Waals surface area contributed by atoms with Gasteiger partial charge in [0.25, 0.3) is 0 Å². The average molecular weight is 232 g/mol. The van der Waals surface area contributed by atoms with Crippen LogP contribution in [0.5, 0.6) is 5.75 Å². The van der Waals surface area contributed by atoms with Crippen LogP contribution in [0.1, 0.15) is 43.2 Å². The maximum absolute atomic E-state index is 10.2. The molecule has 0 spiro atoms.